The average Bonchev–Trinajstić information content (AvgIpc) is 2.59. The van der Waals surface area contributed by atoms with Gasteiger partial charge in [0.15, 0.2) is 0 Å². The van der Waals surface area contributed by atoms with E-state index in [-0.39, 0.29) is 0 Å². The molecule has 0 radical (unpaired) electrons. The lowest BCUT2D eigenvalue weighted by Crippen LogP contribution is -2.07. The third kappa shape index (κ3) is 5.67. The Balaban J connectivity index is 2.89. The van der Waals surface area contributed by atoms with E-state index in [1.165, 1.54) is 11.1 Å². The second-order valence-electron chi connectivity index (χ2n) is 5.73. The van der Waals surface area contributed by atoms with E-state index in [1.54, 1.807) is 0 Å². The van der Waals surface area contributed by atoms with Crippen molar-refractivity contribution in [3.05, 3.63) is 77.2 Å². The predicted molar refractivity (Wildman–Crippen MR) is 107 cm³/mol. The van der Waals surface area contributed by atoms with Gasteiger partial charge in [-0.3, -0.25) is 4.99 Å². The van der Waals surface area contributed by atoms with E-state index in [1.807, 2.05) is 39.3 Å². The van der Waals surface area contributed by atoms with Gasteiger partial charge in [-0.25, -0.2) is 0 Å². The number of benzene rings is 1. The first-order chi connectivity index (χ1) is 11.4. The second-order valence-corrected chi connectivity index (χ2v) is 5.73. The summed E-state index contributed by atoms with van der Waals surface area (Å²) in [5.74, 6) is 0. The van der Waals surface area contributed by atoms with Gasteiger partial charge >= 0.3 is 0 Å². The Morgan fingerprint density at radius 3 is 2.50 bits per heavy atom. The molecule has 0 fully saturated rings. The largest absolute Gasteiger partial charge is 0.361 e. The van der Waals surface area contributed by atoms with Gasteiger partial charge in [-0.1, -0.05) is 38.3 Å². The summed E-state index contributed by atoms with van der Waals surface area (Å²) < 4.78 is 0. The minimum atomic E-state index is 0.541. The third-order valence-corrected chi connectivity index (χ3v) is 3.81. The number of hydrogen-bond acceptors (Lipinski definition) is 3. The van der Waals surface area contributed by atoms with Crippen LogP contribution in [-0.2, 0) is 13.0 Å². The number of nitrogens with two attached hydrogens (primary N) is 1. The van der Waals surface area contributed by atoms with Crippen molar-refractivity contribution < 1.29 is 0 Å². The van der Waals surface area contributed by atoms with Gasteiger partial charge < -0.3 is 11.1 Å². The van der Waals surface area contributed by atoms with Crippen LogP contribution in [0.1, 0.15) is 44.4 Å². The Labute approximate surface area is 146 Å². The maximum Gasteiger partial charge on any atom is 0.0380 e. The highest BCUT2D eigenvalue weighted by Gasteiger charge is 2.04. The first kappa shape index (κ1) is 19.7. The van der Waals surface area contributed by atoms with Gasteiger partial charge in [0, 0.05) is 30.4 Å². The number of aliphatic imine (C=N–C) groups is 1. The van der Waals surface area contributed by atoms with Gasteiger partial charge in [-0.15, -0.1) is 0 Å². The molecule has 128 valence electrons. The van der Waals surface area contributed by atoms with Gasteiger partial charge in [0.25, 0.3) is 0 Å². The van der Waals surface area contributed by atoms with E-state index in [2.05, 4.69) is 48.6 Å². The van der Waals surface area contributed by atoms with Crippen LogP contribution in [0.25, 0.3) is 5.70 Å². The van der Waals surface area contributed by atoms with E-state index >= 15 is 0 Å². The number of allylic oxidation sites excluding steroid dienone is 4. The van der Waals surface area contributed by atoms with Crippen LogP contribution in [0.4, 0.5) is 0 Å². The van der Waals surface area contributed by atoms with E-state index in [4.69, 9.17) is 5.73 Å². The van der Waals surface area contributed by atoms with E-state index < -0.39 is 0 Å². The highest BCUT2D eigenvalue weighted by atomic mass is 14.8. The second kappa shape index (κ2) is 9.68. The van der Waals surface area contributed by atoms with E-state index in [0.717, 1.165) is 34.5 Å². The molecule has 1 rings (SSSR count). The summed E-state index contributed by atoms with van der Waals surface area (Å²) in [5.41, 5.74) is 13.1. The smallest absolute Gasteiger partial charge is 0.0380 e. The maximum atomic E-state index is 5.84. The van der Waals surface area contributed by atoms with Crippen molar-refractivity contribution in [2.75, 3.05) is 0 Å². The van der Waals surface area contributed by atoms with Crippen molar-refractivity contribution in [2.45, 2.75) is 40.7 Å². The number of hydrogen-bond donors (Lipinski definition) is 2. The molecule has 0 amide bonds. The SMILES string of the molecule is C=C(C)\N=C/C(=C/C)C(/C)=C/NC(=C)c1ccc(CC)c(CN)c1. The van der Waals surface area contributed by atoms with Crippen LogP contribution in [0.3, 0.4) is 0 Å². The van der Waals surface area contributed by atoms with Crippen molar-refractivity contribution in [1.29, 1.82) is 0 Å². The van der Waals surface area contributed by atoms with Gasteiger partial charge in [0.2, 0.25) is 0 Å². The molecular weight excluding hydrogens is 294 g/mol. The first-order valence-corrected chi connectivity index (χ1v) is 8.23. The van der Waals surface area contributed by atoms with Crippen molar-refractivity contribution in [3.63, 3.8) is 0 Å². The number of rotatable bonds is 8. The fraction of sp³-hybridized carbons (Fsp3) is 0.286. The standard InChI is InChI=1S/C21H29N3/c1-7-18-9-10-20(11-21(18)12-22)17(6)24-13-16(5)19(8-2)14-23-15(3)4/h8-11,13-14,24H,3,6-7,12,22H2,1-2,4-5H3/b16-13+,19-8-,23-14-. The normalized spacial score (nSPS) is 12.5. The molecule has 0 unspecified atom stereocenters. The fourth-order valence-electron chi connectivity index (χ4n) is 2.29. The highest BCUT2D eigenvalue weighted by Crippen LogP contribution is 2.17. The highest BCUT2D eigenvalue weighted by molar-refractivity contribution is 5.85. The summed E-state index contributed by atoms with van der Waals surface area (Å²) in [6.45, 7) is 16.5. The zero-order valence-corrected chi connectivity index (χ0v) is 15.3. The molecule has 0 bridgehead atoms. The maximum absolute atomic E-state index is 5.84. The molecule has 3 N–H and O–H groups in total. The lowest BCUT2D eigenvalue weighted by molar-refractivity contribution is 1.000. The molecule has 0 saturated carbocycles. The van der Waals surface area contributed by atoms with Crippen LogP contribution in [0, 0.1) is 0 Å². The molecule has 1 aromatic carbocycles. The molecule has 1 aromatic rings. The van der Waals surface area contributed by atoms with Crippen molar-refractivity contribution in [2.24, 2.45) is 10.7 Å². The molecule has 3 nitrogen and oxygen atoms in total. The summed E-state index contributed by atoms with van der Waals surface area (Å²) in [7, 11) is 0. The van der Waals surface area contributed by atoms with Crippen LogP contribution >= 0.6 is 0 Å². The number of nitrogens with zero attached hydrogens (tertiary/aromatic N) is 1. The summed E-state index contributed by atoms with van der Waals surface area (Å²) in [5, 5.41) is 3.27. The molecule has 0 saturated heterocycles. The summed E-state index contributed by atoms with van der Waals surface area (Å²) in [6, 6.07) is 6.31. The van der Waals surface area contributed by atoms with Gasteiger partial charge in [0.1, 0.15) is 0 Å². The van der Waals surface area contributed by atoms with Crippen molar-refractivity contribution in [1.82, 2.24) is 5.32 Å². The summed E-state index contributed by atoms with van der Waals surface area (Å²) in [4.78, 5) is 4.25. The monoisotopic (exact) mass is 323 g/mol. The Kier molecular flexibility index (Phi) is 7.93. The molecule has 24 heavy (non-hydrogen) atoms. The number of aryl methyl sites for hydroxylation is 1. The lowest BCUT2D eigenvalue weighted by atomic mass is 10.0. The fourth-order valence-corrected chi connectivity index (χ4v) is 2.29. The van der Waals surface area contributed by atoms with Crippen LogP contribution in [0.2, 0.25) is 0 Å². The zero-order valence-electron chi connectivity index (χ0n) is 15.3. The molecular formula is C21H29N3. The van der Waals surface area contributed by atoms with Crippen LogP contribution in [-0.4, -0.2) is 6.21 Å². The summed E-state index contributed by atoms with van der Waals surface area (Å²) >= 11 is 0. The molecule has 0 aliphatic heterocycles. The quantitative estimate of drug-likeness (QED) is 0.537. The Bertz CT molecular complexity index is 691. The Hall–Kier alpha value is -2.39. The van der Waals surface area contributed by atoms with Crippen molar-refractivity contribution >= 4 is 11.9 Å². The molecule has 0 aliphatic rings. The Morgan fingerprint density at radius 1 is 1.25 bits per heavy atom. The van der Waals surface area contributed by atoms with Gasteiger partial charge in [-0.05, 0) is 61.1 Å². The average molecular weight is 323 g/mol. The van der Waals surface area contributed by atoms with E-state index in [9.17, 15) is 0 Å². The van der Waals surface area contributed by atoms with Gasteiger partial charge in [0.05, 0.1) is 0 Å². The zero-order chi connectivity index (χ0) is 18.1. The molecule has 0 heterocycles. The topological polar surface area (TPSA) is 50.4 Å². The van der Waals surface area contributed by atoms with Crippen LogP contribution in [0.5, 0.6) is 0 Å². The predicted octanol–water partition coefficient (Wildman–Crippen LogP) is 4.72. The minimum Gasteiger partial charge on any atom is -0.361 e. The lowest BCUT2D eigenvalue weighted by Gasteiger charge is -2.12. The van der Waals surface area contributed by atoms with Crippen LogP contribution < -0.4 is 11.1 Å². The molecule has 3 heteroatoms. The third-order valence-electron chi connectivity index (χ3n) is 3.81. The number of nitrogens with one attached hydrogen (secondary N) is 1. The summed E-state index contributed by atoms with van der Waals surface area (Å²) in [6.07, 6.45) is 6.77. The van der Waals surface area contributed by atoms with Crippen molar-refractivity contribution in [3.8, 4) is 0 Å². The van der Waals surface area contributed by atoms with Crippen LogP contribution in [0.15, 0.2) is 65.5 Å². The Morgan fingerprint density at radius 2 is 1.96 bits per heavy atom. The first-order valence-electron chi connectivity index (χ1n) is 8.23. The van der Waals surface area contributed by atoms with Gasteiger partial charge in [-0.2, -0.15) is 0 Å². The molecule has 0 atom stereocenters. The molecule has 0 spiro atoms. The molecule has 0 aromatic heterocycles. The minimum absolute atomic E-state index is 0.541. The van der Waals surface area contributed by atoms with E-state index in [0.29, 0.717) is 6.54 Å². The molecule has 0 aliphatic carbocycles.